The Kier molecular flexibility index (Phi) is 4.39. The fourth-order valence-corrected chi connectivity index (χ4v) is 4.11. The molecule has 0 N–H and O–H groups in total. The molecular formula is C20H23F3N4S. The van der Waals surface area contributed by atoms with E-state index < -0.39 is 11.7 Å². The lowest BCUT2D eigenvalue weighted by atomic mass is 10.1. The van der Waals surface area contributed by atoms with E-state index in [0.29, 0.717) is 31.2 Å². The summed E-state index contributed by atoms with van der Waals surface area (Å²) in [5, 5.41) is 4.86. The zero-order valence-corrected chi connectivity index (χ0v) is 16.3. The van der Waals surface area contributed by atoms with Crippen molar-refractivity contribution in [1.29, 1.82) is 0 Å². The summed E-state index contributed by atoms with van der Waals surface area (Å²) in [6, 6.07) is 6.46. The highest BCUT2D eigenvalue weighted by Crippen LogP contribution is 2.44. The van der Waals surface area contributed by atoms with Crippen LogP contribution in [0.5, 0.6) is 0 Å². The Balaban J connectivity index is 1.35. The molecule has 0 radical (unpaired) electrons. The molecule has 0 aliphatic heterocycles. The van der Waals surface area contributed by atoms with Crippen molar-refractivity contribution in [2.75, 3.05) is 0 Å². The molecule has 3 aliphatic rings. The topological polar surface area (TPSA) is 26.0 Å². The monoisotopic (exact) mass is 408 g/mol. The van der Waals surface area contributed by atoms with Crippen molar-refractivity contribution in [1.82, 2.24) is 19.2 Å². The van der Waals surface area contributed by atoms with Crippen LogP contribution in [0.3, 0.4) is 0 Å². The first-order chi connectivity index (χ1) is 13.4. The van der Waals surface area contributed by atoms with Crippen molar-refractivity contribution in [3.63, 3.8) is 0 Å². The van der Waals surface area contributed by atoms with E-state index in [2.05, 4.69) is 9.47 Å². The lowest BCUT2D eigenvalue weighted by molar-refractivity contribution is -0.137. The molecule has 0 amide bonds. The fourth-order valence-electron chi connectivity index (χ4n) is 3.76. The molecule has 2 aromatic rings. The summed E-state index contributed by atoms with van der Waals surface area (Å²) < 4.78 is 43.4. The lowest BCUT2D eigenvalue weighted by Gasteiger charge is -2.22. The molecule has 0 unspecified atom stereocenters. The van der Waals surface area contributed by atoms with E-state index >= 15 is 0 Å². The minimum atomic E-state index is -4.29. The molecule has 150 valence electrons. The fraction of sp³-hybridized carbons (Fsp3) is 0.600. The largest absolute Gasteiger partial charge is 0.416 e. The maximum Gasteiger partial charge on any atom is 0.416 e. The molecule has 3 saturated carbocycles. The minimum absolute atomic E-state index is 0.458. The second-order valence-corrected chi connectivity index (χ2v) is 8.70. The third kappa shape index (κ3) is 3.76. The van der Waals surface area contributed by atoms with E-state index in [1.165, 1.54) is 37.8 Å². The zero-order valence-electron chi connectivity index (χ0n) is 15.5. The van der Waals surface area contributed by atoms with Crippen molar-refractivity contribution >= 4 is 12.2 Å². The lowest BCUT2D eigenvalue weighted by Crippen LogP contribution is -2.29. The van der Waals surface area contributed by atoms with Gasteiger partial charge in [-0.25, -0.2) is 4.68 Å². The van der Waals surface area contributed by atoms with E-state index in [-0.39, 0.29) is 0 Å². The molecule has 5 rings (SSSR count). The van der Waals surface area contributed by atoms with Gasteiger partial charge in [0.25, 0.3) is 0 Å². The molecular weight excluding hydrogens is 385 g/mol. The summed E-state index contributed by atoms with van der Waals surface area (Å²) in [6.45, 7) is 1.21. The Hall–Kier alpha value is -1.67. The third-order valence-electron chi connectivity index (χ3n) is 5.80. The van der Waals surface area contributed by atoms with Gasteiger partial charge in [0.2, 0.25) is 0 Å². The van der Waals surface area contributed by atoms with E-state index in [4.69, 9.17) is 17.3 Å². The molecule has 0 bridgehead atoms. The Morgan fingerprint density at radius 2 is 1.71 bits per heavy atom. The van der Waals surface area contributed by atoms with Crippen molar-refractivity contribution < 1.29 is 13.2 Å². The van der Waals surface area contributed by atoms with E-state index in [9.17, 15) is 13.2 Å². The highest BCUT2D eigenvalue weighted by Gasteiger charge is 2.37. The smallest absolute Gasteiger partial charge is 0.301 e. The van der Waals surface area contributed by atoms with Gasteiger partial charge >= 0.3 is 6.18 Å². The Labute approximate surface area is 167 Å². The summed E-state index contributed by atoms with van der Waals surface area (Å²) in [7, 11) is 0. The summed E-state index contributed by atoms with van der Waals surface area (Å²) >= 11 is 5.74. The average molecular weight is 408 g/mol. The molecule has 1 aromatic carbocycles. The van der Waals surface area contributed by atoms with E-state index in [1.807, 2.05) is 4.68 Å². The van der Waals surface area contributed by atoms with Gasteiger partial charge in [-0.05, 0) is 68.4 Å². The SMILES string of the molecule is FC(F)(F)c1ccc(CN(Cn2nc(C3CC3)n(C3CC3)c2=S)C2CC2)cc1. The number of halogens is 3. The number of nitrogens with zero attached hydrogens (tertiary/aromatic N) is 4. The van der Waals surface area contributed by atoms with Crippen molar-refractivity contribution in [3.05, 3.63) is 46.0 Å². The first kappa shape index (κ1) is 18.4. The molecule has 8 heteroatoms. The molecule has 3 aliphatic carbocycles. The summed E-state index contributed by atoms with van der Waals surface area (Å²) in [6.07, 6.45) is 2.68. The maximum absolute atomic E-state index is 12.8. The predicted molar refractivity (Wildman–Crippen MR) is 101 cm³/mol. The first-order valence-electron chi connectivity index (χ1n) is 9.99. The predicted octanol–water partition coefficient (Wildman–Crippen LogP) is 5.27. The average Bonchev–Trinajstić information content (AvgIpc) is 3.53. The van der Waals surface area contributed by atoms with Gasteiger partial charge in [-0.2, -0.15) is 18.3 Å². The maximum atomic E-state index is 12.8. The van der Waals surface area contributed by atoms with Crippen LogP contribution in [0.15, 0.2) is 24.3 Å². The summed E-state index contributed by atoms with van der Waals surface area (Å²) in [5.74, 6) is 1.69. The Morgan fingerprint density at radius 1 is 1.04 bits per heavy atom. The van der Waals surface area contributed by atoms with Crippen LogP contribution in [0.2, 0.25) is 0 Å². The van der Waals surface area contributed by atoms with E-state index in [0.717, 1.165) is 29.0 Å². The van der Waals surface area contributed by atoms with E-state index in [1.54, 1.807) is 12.1 Å². The normalized spacial score (nSPS) is 20.1. The number of hydrogen-bond donors (Lipinski definition) is 0. The summed E-state index contributed by atoms with van der Waals surface area (Å²) in [5.41, 5.74) is 0.282. The van der Waals surface area contributed by atoms with Crippen LogP contribution in [0.25, 0.3) is 0 Å². The highest BCUT2D eigenvalue weighted by atomic mass is 32.1. The van der Waals surface area contributed by atoms with Crippen LogP contribution >= 0.6 is 12.2 Å². The second-order valence-electron chi connectivity index (χ2n) is 8.33. The number of rotatable bonds is 7. The van der Waals surface area contributed by atoms with Gasteiger partial charge in [0, 0.05) is 24.5 Å². The van der Waals surface area contributed by atoms with Crippen LogP contribution in [0.1, 0.15) is 67.4 Å². The van der Waals surface area contributed by atoms with Gasteiger partial charge in [-0.15, -0.1) is 0 Å². The van der Waals surface area contributed by atoms with Crippen molar-refractivity contribution in [3.8, 4) is 0 Å². The standard InChI is InChI=1S/C20H23F3N4S/c21-20(22,23)15-5-1-13(2-6-15)11-25(16-7-8-16)12-26-19(28)27(17-9-10-17)18(24-26)14-3-4-14/h1-2,5-6,14,16-17H,3-4,7-12H2. The molecule has 0 spiro atoms. The Morgan fingerprint density at radius 3 is 2.25 bits per heavy atom. The van der Waals surface area contributed by atoms with Crippen LogP contribution in [0.4, 0.5) is 13.2 Å². The number of aromatic nitrogens is 3. The van der Waals surface area contributed by atoms with Crippen LogP contribution in [-0.4, -0.2) is 25.3 Å². The van der Waals surface area contributed by atoms with Crippen molar-refractivity contribution in [2.24, 2.45) is 0 Å². The molecule has 4 nitrogen and oxygen atoms in total. The number of hydrogen-bond acceptors (Lipinski definition) is 3. The van der Waals surface area contributed by atoms with Gasteiger partial charge in [0.15, 0.2) is 4.77 Å². The molecule has 0 atom stereocenters. The Bertz CT molecular complexity index is 918. The number of benzene rings is 1. The summed E-state index contributed by atoms with van der Waals surface area (Å²) in [4.78, 5) is 2.29. The molecule has 3 fully saturated rings. The highest BCUT2D eigenvalue weighted by molar-refractivity contribution is 7.71. The van der Waals surface area contributed by atoms with Crippen LogP contribution < -0.4 is 0 Å². The zero-order chi connectivity index (χ0) is 19.5. The molecule has 28 heavy (non-hydrogen) atoms. The van der Waals surface area contributed by atoms with Gasteiger partial charge in [-0.1, -0.05) is 12.1 Å². The van der Waals surface area contributed by atoms with Crippen LogP contribution in [-0.2, 0) is 19.4 Å². The second kappa shape index (κ2) is 6.69. The van der Waals surface area contributed by atoms with Crippen LogP contribution in [0, 0.1) is 4.77 Å². The third-order valence-corrected chi connectivity index (χ3v) is 6.20. The van der Waals surface area contributed by atoms with Gasteiger partial charge in [0.05, 0.1) is 12.2 Å². The minimum Gasteiger partial charge on any atom is -0.301 e. The van der Waals surface area contributed by atoms with Gasteiger partial charge in [0.1, 0.15) is 5.82 Å². The number of alkyl halides is 3. The van der Waals surface area contributed by atoms with Gasteiger partial charge < -0.3 is 4.57 Å². The first-order valence-corrected chi connectivity index (χ1v) is 10.4. The molecule has 1 heterocycles. The molecule has 1 aromatic heterocycles. The quantitative estimate of drug-likeness (QED) is 0.584. The van der Waals surface area contributed by atoms with Gasteiger partial charge in [-0.3, -0.25) is 4.90 Å². The molecule has 0 saturated heterocycles. The van der Waals surface area contributed by atoms with Crippen molar-refractivity contribution in [2.45, 2.75) is 75.9 Å².